The molecule has 0 radical (unpaired) electrons. The molecule has 0 heterocycles. The average Bonchev–Trinajstić information content (AvgIpc) is 2.34. The molecule has 1 aromatic carbocycles. The molecule has 1 rings (SSSR count). The van der Waals surface area contributed by atoms with Crippen molar-refractivity contribution in [2.75, 3.05) is 13.7 Å². The lowest BCUT2D eigenvalue weighted by Crippen LogP contribution is -2.20. The standard InChI is InChI=1S/C14H20FNO/c1-4-6-7-13(16-5-2)11-8-9-14(17-3)12(15)10-11/h4,8-10,13,16H,1,5-7H2,2-3H3. The number of hydrogen-bond acceptors (Lipinski definition) is 2. The third-order valence-corrected chi connectivity index (χ3v) is 2.69. The van der Waals surface area contributed by atoms with Crippen LogP contribution in [0.4, 0.5) is 4.39 Å². The summed E-state index contributed by atoms with van der Waals surface area (Å²) >= 11 is 0. The maximum absolute atomic E-state index is 13.6. The Morgan fingerprint density at radius 2 is 2.29 bits per heavy atom. The van der Waals surface area contributed by atoms with Crippen LogP contribution < -0.4 is 10.1 Å². The molecule has 1 unspecified atom stereocenters. The first-order valence-corrected chi connectivity index (χ1v) is 5.90. The van der Waals surface area contributed by atoms with Crippen LogP contribution in [0.25, 0.3) is 0 Å². The Morgan fingerprint density at radius 1 is 1.53 bits per heavy atom. The Morgan fingerprint density at radius 3 is 2.82 bits per heavy atom. The van der Waals surface area contributed by atoms with Crippen LogP contribution in [0.2, 0.25) is 0 Å². The first-order chi connectivity index (χ1) is 8.22. The molecular formula is C14H20FNO. The van der Waals surface area contributed by atoms with Crippen molar-refractivity contribution >= 4 is 0 Å². The van der Waals surface area contributed by atoms with E-state index in [0.29, 0.717) is 0 Å². The number of ether oxygens (including phenoxy) is 1. The number of halogens is 1. The molecular weight excluding hydrogens is 217 g/mol. The molecule has 0 saturated carbocycles. The SMILES string of the molecule is C=CCCC(NCC)c1ccc(OC)c(F)c1. The lowest BCUT2D eigenvalue weighted by Gasteiger charge is -2.18. The molecule has 0 aliphatic carbocycles. The van der Waals surface area contributed by atoms with E-state index in [1.54, 1.807) is 6.07 Å². The summed E-state index contributed by atoms with van der Waals surface area (Å²) < 4.78 is 18.5. The minimum Gasteiger partial charge on any atom is -0.494 e. The van der Waals surface area contributed by atoms with E-state index in [1.165, 1.54) is 13.2 Å². The number of allylic oxidation sites excluding steroid dienone is 1. The third-order valence-electron chi connectivity index (χ3n) is 2.69. The van der Waals surface area contributed by atoms with Crippen LogP contribution in [0.1, 0.15) is 31.4 Å². The highest BCUT2D eigenvalue weighted by atomic mass is 19.1. The second-order valence-electron chi connectivity index (χ2n) is 3.87. The summed E-state index contributed by atoms with van der Waals surface area (Å²) in [6, 6.07) is 5.27. The molecule has 0 amide bonds. The zero-order chi connectivity index (χ0) is 12.7. The third kappa shape index (κ3) is 3.86. The molecule has 0 aromatic heterocycles. The molecule has 2 nitrogen and oxygen atoms in total. The predicted molar refractivity (Wildman–Crippen MR) is 68.8 cm³/mol. The molecule has 17 heavy (non-hydrogen) atoms. The molecule has 1 aromatic rings. The Labute approximate surface area is 102 Å². The van der Waals surface area contributed by atoms with Crippen molar-refractivity contribution in [3.05, 3.63) is 42.2 Å². The van der Waals surface area contributed by atoms with E-state index < -0.39 is 0 Å². The summed E-state index contributed by atoms with van der Waals surface area (Å²) in [5, 5.41) is 3.34. The zero-order valence-electron chi connectivity index (χ0n) is 10.5. The van der Waals surface area contributed by atoms with E-state index in [2.05, 4.69) is 11.9 Å². The maximum Gasteiger partial charge on any atom is 0.165 e. The minimum atomic E-state index is -0.313. The highest BCUT2D eigenvalue weighted by Gasteiger charge is 2.12. The fourth-order valence-corrected chi connectivity index (χ4v) is 1.82. The van der Waals surface area contributed by atoms with Crippen LogP contribution in [0, 0.1) is 5.82 Å². The lowest BCUT2D eigenvalue weighted by molar-refractivity contribution is 0.385. The van der Waals surface area contributed by atoms with E-state index in [-0.39, 0.29) is 17.6 Å². The largest absolute Gasteiger partial charge is 0.494 e. The van der Waals surface area contributed by atoms with Crippen LogP contribution in [-0.4, -0.2) is 13.7 Å². The second-order valence-corrected chi connectivity index (χ2v) is 3.87. The van der Waals surface area contributed by atoms with Gasteiger partial charge in [0.2, 0.25) is 0 Å². The predicted octanol–water partition coefficient (Wildman–Crippen LogP) is 3.45. The van der Waals surface area contributed by atoms with Gasteiger partial charge in [0.25, 0.3) is 0 Å². The Hall–Kier alpha value is -1.35. The van der Waals surface area contributed by atoms with E-state index in [1.807, 2.05) is 19.1 Å². The highest BCUT2D eigenvalue weighted by molar-refractivity contribution is 5.31. The van der Waals surface area contributed by atoms with E-state index in [9.17, 15) is 4.39 Å². The fourth-order valence-electron chi connectivity index (χ4n) is 1.82. The first kappa shape index (κ1) is 13.7. The Bertz CT molecular complexity index is 365. The average molecular weight is 237 g/mol. The van der Waals surface area contributed by atoms with Crippen molar-refractivity contribution in [1.29, 1.82) is 0 Å². The molecule has 1 N–H and O–H groups in total. The van der Waals surface area contributed by atoms with Crippen molar-refractivity contribution in [2.24, 2.45) is 0 Å². The highest BCUT2D eigenvalue weighted by Crippen LogP contribution is 2.24. The van der Waals surface area contributed by atoms with Gasteiger partial charge in [-0.1, -0.05) is 19.1 Å². The smallest absolute Gasteiger partial charge is 0.165 e. The fraction of sp³-hybridized carbons (Fsp3) is 0.429. The van der Waals surface area contributed by atoms with Crippen molar-refractivity contribution < 1.29 is 9.13 Å². The second kappa shape index (κ2) is 7.07. The maximum atomic E-state index is 13.6. The molecule has 0 aliphatic heterocycles. The summed E-state index contributed by atoms with van der Waals surface area (Å²) in [6.07, 6.45) is 3.71. The van der Waals surface area contributed by atoms with Gasteiger partial charge in [-0.15, -0.1) is 6.58 Å². The molecule has 1 atom stereocenters. The molecule has 0 spiro atoms. The summed E-state index contributed by atoms with van der Waals surface area (Å²) in [4.78, 5) is 0. The molecule has 0 bridgehead atoms. The van der Waals surface area contributed by atoms with Gasteiger partial charge >= 0.3 is 0 Å². The molecule has 0 fully saturated rings. The van der Waals surface area contributed by atoms with Gasteiger partial charge in [0.05, 0.1) is 7.11 Å². The van der Waals surface area contributed by atoms with Gasteiger partial charge in [0.15, 0.2) is 11.6 Å². The first-order valence-electron chi connectivity index (χ1n) is 5.90. The zero-order valence-corrected chi connectivity index (χ0v) is 10.5. The number of benzene rings is 1. The van der Waals surface area contributed by atoms with Gasteiger partial charge in [0.1, 0.15) is 0 Å². The summed E-state index contributed by atoms with van der Waals surface area (Å²) in [5.74, 6) is -0.0285. The van der Waals surface area contributed by atoms with E-state index in [4.69, 9.17) is 4.74 Å². The quantitative estimate of drug-likeness (QED) is 0.733. The summed E-state index contributed by atoms with van der Waals surface area (Å²) in [7, 11) is 1.47. The molecule has 3 heteroatoms. The van der Waals surface area contributed by atoms with E-state index >= 15 is 0 Å². The monoisotopic (exact) mass is 237 g/mol. The van der Waals surface area contributed by atoms with Crippen LogP contribution in [0.3, 0.4) is 0 Å². The normalized spacial score (nSPS) is 12.2. The van der Waals surface area contributed by atoms with Crippen LogP contribution >= 0.6 is 0 Å². The number of methoxy groups -OCH3 is 1. The number of rotatable bonds is 7. The van der Waals surface area contributed by atoms with Gasteiger partial charge < -0.3 is 10.1 Å². The van der Waals surface area contributed by atoms with Gasteiger partial charge in [-0.25, -0.2) is 4.39 Å². The Kier molecular flexibility index (Phi) is 5.70. The minimum absolute atomic E-state index is 0.165. The molecule has 94 valence electrons. The molecule has 0 saturated heterocycles. The van der Waals surface area contributed by atoms with Crippen molar-refractivity contribution in [3.8, 4) is 5.75 Å². The summed E-state index contributed by atoms with van der Waals surface area (Å²) in [5.41, 5.74) is 0.951. The van der Waals surface area contributed by atoms with E-state index in [0.717, 1.165) is 24.9 Å². The number of nitrogens with one attached hydrogen (secondary N) is 1. The topological polar surface area (TPSA) is 21.3 Å². The van der Waals surface area contributed by atoms with Gasteiger partial charge in [-0.3, -0.25) is 0 Å². The van der Waals surface area contributed by atoms with Crippen molar-refractivity contribution in [2.45, 2.75) is 25.8 Å². The van der Waals surface area contributed by atoms with Gasteiger partial charge in [-0.05, 0) is 37.1 Å². The van der Waals surface area contributed by atoms with Crippen LogP contribution in [-0.2, 0) is 0 Å². The van der Waals surface area contributed by atoms with Gasteiger partial charge in [-0.2, -0.15) is 0 Å². The van der Waals surface area contributed by atoms with Gasteiger partial charge in [0, 0.05) is 6.04 Å². The Balaban J connectivity index is 2.85. The van der Waals surface area contributed by atoms with Crippen molar-refractivity contribution in [1.82, 2.24) is 5.32 Å². The molecule has 0 aliphatic rings. The van der Waals surface area contributed by atoms with Crippen LogP contribution in [0.5, 0.6) is 5.75 Å². The number of hydrogen-bond donors (Lipinski definition) is 1. The summed E-state index contributed by atoms with van der Waals surface area (Å²) in [6.45, 7) is 6.61. The van der Waals surface area contributed by atoms with Crippen LogP contribution in [0.15, 0.2) is 30.9 Å². The lowest BCUT2D eigenvalue weighted by atomic mass is 10.0. The van der Waals surface area contributed by atoms with Crippen molar-refractivity contribution in [3.63, 3.8) is 0 Å².